The number of aliphatic hydroxyl groups is 2. The molecule has 0 aromatic heterocycles. The summed E-state index contributed by atoms with van der Waals surface area (Å²) in [5, 5.41) is 18.6. The zero-order valence-corrected chi connectivity index (χ0v) is 9.83. The van der Waals surface area contributed by atoms with Crippen molar-refractivity contribution in [3.05, 3.63) is 35.9 Å². The van der Waals surface area contributed by atoms with Gasteiger partial charge in [-0.15, -0.1) is 0 Å². The van der Waals surface area contributed by atoms with E-state index < -0.39 is 30.8 Å². The van der Waals surface area contributed by atoms with E-state index in [9.17, 15) is 14.7 Å². The van der Waals surface area contributed by atoms with E-state index in [4.69, 9.17) is 9.84 Å². The summed E-state index contributed by atoms with van der Waals surface area (Å²) in [6.07, 6.45) is 0. The van der Waals surface area contributed by atoms with Crippen LogP contribution in [0.5, 0.6) is 0 Å². The minimum absolute atomic E-state index is 0.280. The Kier molecular flexibility index (Phi) is 4.82. The number of ether oxygens (including phenoxy) is 2. The predicted molar refractivity (Wildman–Crippen MR) is 60.8 cm³/mol. The first-order valence-corrected chi connectivity index (χ1v) is 5.17. The summed E-state index contributed by atoms with van der Waals surface area (Å²) in [7, 11) is 1.06. The third kappa shape index (κ3) is 3.28. The summed E-state index contributed by atoms with van der Waals surface area (Å²) in [5.41, 5.74) is -1.96. The topological polar surface area (TPSA) is 93.1 Å². The second kappa shape index (κ2) is 6.13. The number of methoxy groups -OCH3 is 1. The summed E-state index contributed by atoms with van der Waals surface area (Å²) in [5.74, 6) is -1.77. The molecule has 0 spiro atoms. The Morgan fingerprint density at radius 3 is 2.39 bits per heavy atom. The van der Waals surface area contributed by atoms with Crippen molar-refractivity contribution in [1.82, 2.24) is 0 Å². The molecule has 2 N–H and O–H groups in total. The van der Waals surface area contributed by atoms with Gasteiger partial charge in [0.1, 0.15) is 6.61 Å². The van der Waals surface area contributed by atoms with Crippen molar-refractivity contribution in [1.29, 1.82) is 0 Å². The van der Waals surface area contributed by atoms with Crippen molar-refractivity contribution in [3.8, 4) is 0 Å². The lowest BCUT2D eigenvalue weighted by Crippen LogP contribution is -2.48. The maximum absolute atomic E-state index is 11.6. The van der Waals surface area contributed by atoms with Gasteiger partial charge in [0.15, 0.2) is 0 Å². The van der Waals surface area contributed by atoms with Gasteiger partial charge in [-0.1, -0.05) is 18.2 Å². The normalized spacial score (nSPS) is 13.5. The summed E-state index contributed by atoms with van der Waals surface area (Å²) in [4.78, 5) is 22.7. The maximum atomic E-state index is 11.6. The zero-order valence-electron chi connectivity index (χ0n) is 9.83. The van der Waals surface area contributed by atoms with Crippen LogP contribution in [0.2, 0.25) is 0 Å². The Labute approximate surface area is 104 Å². The van der Waals surface area contributed by atoms with Crippen LogP contribution in [0.4, 0.5) is 0 Å². The Morgan fingerprint density at radius 1 is 1.28 bits per heavy atom. The fourth-order valence-electron chi connectivity index (χ4n) is 1.20. The van der Waals surface area contributed by atoms with Gasteiger partial charge in [0, 0.05) is 0 Å². The molecule has 0 aliphatic carbocycles. The number of carbonyl (C=O) groups is 2. The summed E-state index contributed by atoms with van der Waals surface area (Å²) in [6, 6.07) is 8.08. The van der Waals surface area contributed by atoms with Crippen LogP contribution in [0.15, 0.2) is 30.3 Å². The number of benzene rings is 1. The van der Waals surface area contributed by atoms with Gasteiger partial charge >= 0.3 is 11.9 Å². The lowest BCUT2D eigenvalue weighted by atomic mass is 10.1. The van der Waals surface area contributed by atoms with Crippen LogP contribution >= 0.6 is 0 Å². The Morgan fingerprint density at radius 2 is 1.89 bits per heavy atom. The molecule has 1 unspecified atom stereocenters. The molecule has 0 fully saturated rings. The molecule has 0 radical (unpaired) electrons. The van der Waals surface area contributed by atoms with E-state index in [0.29, 0.717) is 0 Å². The van der Waals surface area contributed by atoms with Crippen molar-refractivity contribution in [3.63, 3.8) is 0 Å². The second-order valence-electron chi connectivity index (χ2n) is 3.62. The predicted octanol–water partition coefficient (Wildman–Crippen LogP) is -0.260. The summed E-state index contributed by atoms with van der Waals surface area (Å²) >= 11 is 0. The smallest absolute Gasteiger partial charge is 0.343 e. The van der Waals surface area contributed by atoms with Crippen LogP contribution in [0, 0.1) is 0 Å². The molecule has 0 saturated carbocycles. The molecule has 18 heavy (non-hydrogen) atoms. The minimum atomic E-state index is -2.24. The SMILES string of the molecule is COC(=O)C(O)(CO)COC(=O)c1ccccc1. The van der Waals surface area contributed by atoms with Crippen molar-refractivity contribution in [2.45, 2.75) is 5.60 Å². The molecule has 0 heterocycles. The van der Waals surface area contributed by atoms with Crippen LogP contribution in [0.25, 0.3) is 0 Å². The van der Waals surface area contributed by atoms with Gasteiger partial charge in [0.25, 0.3) is 0 Å². The monoisotopic (exact) mass is 254 g/mol. The average Bonchev–Trinajstić information content (AvgIpc) is 2.44. The third-order valence-corrected chi connectivity index (χ3v) is 2.28. The first-order valence-electron chi connectivity index (χ1n) is 5.17. The number of rotatable bonds is 5. The highest BCUT2D eigenvalue weighted by Gasteiger charge is 2.38. The molecule has 1 aromatic rings. The minimum Gasteiger partial charge on any atom is -0.467 e. The number of carbonyl (C=O) groups excluding carboxylic acids is 2. The number of esters is 2. The van der Waals surface area contributed by atoms with Gasteiger partial charge in [0.2, 0.25) is 5.60 Å². The Balaban J connectivity index is 2.64. The summed E-state index contributed by atoms with van der Waals surface area (Å²) in [6.45, 7) is -1.58. The van der Waals surface area contributed by atoms with E-state index in [0.717, 1.165) is 7.11 Å². The lowest BCUT2D eigenvalue weighted by molar-refractivity contribution is -0.171. The Hall–Kier alpha value is -1.92. The standard InChI is InChI=1S/C12H14O6/c1-17-11(15)12(16,7-13)8-18-10(14)9-5-3-2-4-6-9/h2-6,13,16H,7-8H2,1H3. The molecule has 0 aliphatic heterocycles. The third-order valence-electron chi connectivity index (χ3n) is 2.28. The fourth-order valence-corrected chi connectivity index (χ4v) is 1.20. The van der Waals surface area contributed by atoms with E-state index >= 15 is 0 Å². The van der Waals surface area contributed by atoms with E-state index in [1.165, 1.54) is 12.1 Å². The molecule has 1 atom stereocenters. The molecule has 6 nitrogen and oxygen atoms in total. The number of aliphatic hydroxyl groups excluding tert-OH is 1. The second-order valence-corrected chi connectivity index (χ2v) is 3.62. The van der Waals surface area contributed by atoms with Crippen LogP contribution < -0.4 is 0 Å². The van der Waals surface area contributed by atoms with Crippen LogP contribution in [0.3, 0.4) is 0 Å². The molecule has 0 amide bonds. The molecule has 98 valence electrons. The van der Waals surface area contributed by atoms with Crippen LogP contribution in [-0.2, 0) is 14.3 Å². The number of hydrogen-bond acceptors (Lipinski definition) is 6. The first kappa shape index (κ1) is 14.1. The molecular weight excluding hydrogens is 240 g/mol. The molecular formula is C12H14O6. The van der Waals surface area contributed by atoms with E-state index in [2.05, 4.69) is 4.74 Å². The molecule has 1 aromatic carbocycles. The number of hydrogen-bond donors (Lipinski definition) is 2. The quantitative estimate of drug-likeness (QED) is 0.703. The maximum Gasteiger partial charge on any atom is 0.343 e. The fraction of sp³-hybridized carbons (Fsp3) is 0.333. The van der Waals surface area contributed by atoms with Crippen molar-refractivity contribution in [2.75, 3.05) is 20.3 Å². The molecule has 0 saturated heterocycles. The van der Waals surface area contributed by atoms with Crippen molar-refractivity contribution >= 4 is 11.9 Å². The molecule has 6 heteroatoms. The van der Waals surface area contributed by atoms with Gasteiger partial charge in [-0.3, -0.25) is 0 Å². The highest BCUT2D eigenvalue weighted by atomic mass is 16.6. The molecule has 0 aliphatic rings. The van der Waals surface area contributed by atoms with E-state index in [1.807, 2.05) is 0 Å². The van der Waals surface area contributed by atoms with E-state index in [1.54, 1.807) is 18.2 Å². The van der Waals surface area contributed by atoms with Crippen LogP contribution in [0.1, 0.15) is 10.4 Å². The largest absolute Gasteiger partial charge is 0.467 e. The van der Waals surface area contributed by atoms with Crippen molar-refractivity contribution < 1.29 is 29.3 Å². The zero-order chi connectivity index (χ0) is 13.6. The van der Waals surface area contributed by atoms with Gasteiger partial charge in [-0.2, -0.15) is 0 Å². The van der Waals surface area contributed by atoms with E-state index in [-0.39, 0.29) is 5.56 Å². The first-order chi connectivity index (χ1) is 8.53. The van der Waals surface area contributed by atoms with Crippen LogP contribution in [-0.4, -0.2) is 48.1 Å². The Bertz CT molecular complexity index is 416. The van der Waals surface area contributed by atoms with Gasteiger partial charge < -0.3 is 19.7 Å². The van der Waals surface area contributed by atoms with Gasteiger partial charge in [0.05, 0.1) is 19.3 Å². The highest BCUT2D eigenvalue weighted by Crippen LogP contribution is 2.09. The highest BCUT2D eigenvalue weighted by molar-refractivity contribution is 5.89. The lowest BCUT2D eigenvalue weighted by Gasteiger charge is -2.22. The molecule has 1 rings (SSSR count). The average molecular weight is 254 g/mol. The summed E-state index contributed by atoms with van der Waals surface area (Å²) < 4.78 is 9.06. The van der Waals surface area contributed by atoms with Gasteiger partial charge in [-0.05, 0) is 12.1 Å². The van der Waals surface area contributed by atoms with Crippen molar-refractivity contribution in [2.24, 2.45) is 0 Å². The molecule has 0 bridgehead atoms. The van der Waals surface area contributed by atoms with Gasteiger partial charge in [-0.25, -0.2) is 9.59 Å².